The van der Waals surface area contributed by atoms with Crippen molar-refractivity contribution in [1.82, 2.24) is 4.90 Å². The summed E-state index contributed by atoms with van der Waals surface area (Å²) < 4.78 is 93.7. The zero-order chi connectivity index (χ0) is 15.4. The molecule has 0 aromatic rings. The summed E-state index contributed by atoms with van der Waals surface area (Å²) in [7, 11) is 0.441. The van der Waals surface area contributed by atoms with Crippen LogP contribution in [0.4, 0.5) is 26.3 Å². The molecule has 0 aromatic carbocycles. The second-order valence-corrected chi connectivity index (χ2v) is 4.11. The molecular formula is C10H15F6NO3. The van der Waals surface area contributed by atoms with Gasteiger partial charge in [0.2, 0.25) is 0 Å². The highest BCUT2D eigenvalue weighted by molar-refractivity contribution is 4.87. The largest absolute Gasteiger partial charge is 0.429 e. The standard InChI is InChI=1S/C10H15F6NO3/c1-18-10(15,16)17-3-6-19-4-2-5-20-7-8(11,12)9(17,13)14/h2-7H2,1H3. The Labute approximate surface area is 111 Å². The van der Waals surface area contributed by atoms with E-state index in [1.54, 1.807) is 0 Å². The van der Waals surface area contributed by atoms with Gasteiger partial charge in [-0.2, -0.15) is 26.3 Å². The van der Waals surface area contributed by atoms with E-state index in [0.29, 0.717) is 7.11 Å². The molecule has 1 heterocycles. The van der Waals surface area contributed by atoms with Gasteiger partial charge in [-0.3, -0.25) is 0 Å². The van der Waals surface area contributed by atoms with Gasteiger partial charge in [0.05, 0.1) is 6.61 Å². The van der Waals surface area contributed by atoms with Crippen molar-refractivity contribution in [2.45, 2.75) is 24.6 Å². The molecule has 1 aliphatic heterocycles. The number of rotatable bonds is 2. The van der Waals surface area contributed by atoms with Crippen LogP contribution in [0, 0.1) is 0 Å². The fraction of sp³-hybridized carbons (Fsp3) is 1.00. The van der Waals surface area contributed by atoms with Crippen molar-refractivity contribution in [2.24, 2.45) is 0 Å². The maximum Gasteiger partial charge on any atom is 0.429 e. The Balaban J connectivity index is 3.05. The summed E-state index contributed by atoms with van der Waals surface area (Å²) in [6.07, 6.45) is -4.37. The van der Waals surface area contributed by atoms with Crippen molar-refractivity contribution >= 4 is 0 Å². The van der Waals surface area contributed by atoms with Crippen LogP contribution in [-0.4, -0.2) is 63.2 Å². The van der Waals surface area contributed by atoms with Gasteiger partial charge >= 0.3 is 18.2 Å². The van der Waals surface area contributed by atoms with Gasteiger partial charge in [-0.1, -0.05) is 0 Å². The summed E-state index contributed by atoms with van der Waals surface area (Å²) in [6, 6.07) is -5.15. The first-order valence-electron chi connectivity index (χ1n) is 5.77. The molecule has 0 amide bonds. The highest BCUT2D eigenvalue weighted by atomic mass is 19.3. The minimum absolute atomic E-state index is 0.0313. The van der Waals surface area contributed by atoms with Crippen molar-refractivity contribution in [2.75, 3.05) is 40.1 Å². The predicted octanol–water partition coefficient (Wildman–Crippen LogP) is 2.15. The van der Waals surface area contributed by atoms with Crippen LogP contribution in [0.1, 0.15) is 6.42 Å². The quantitative estimate of drug-likeness (QED) is 0.577. The van der Waals surface area contributed by atoms with Gasteiger partial charge in [-0.15, -0.1) is 4.90 Å². The molecule has 4 nitrogen and oxygen atoms in total. The lowest BCUT2D eigenvalue weighted by Crippen LogP contribution is -2.63. The number of nitrogens with zero attached hydrogens (tertiary/aromatic N) is 1. The van der Waals surface area contributed by atoms with Crippen LogP contribution in [0.2, 0.25) is 0 Å². The first-order valence-corrected chi connectivity index (χ1v) is 5.77. The average Bonchev–Trinajstić information content (AvgIpc) is 2.37. The number of hydrogen-bond acceptors (Lipinski definition) is 4. The monoisotopic (exact) mass is 311 g/mol. The SMILES string of the molecule is COC(F)(F)N1CCOCCCOCC(F)(F)C1(F)F. The second kappa shape index (κ2) is 6.46. The molecule has 1 aliphatic rings. The zero-order valence-corrected chi connectivity index (χ0v) is 10.7. The molecule has 1 rings (SSSR count). The number of halogens is 6. The number of ether oxygens (including phenoxy) is 3. The van der Waals surface area contributed by atoms with Crippen LogP contribution >= 0.6 is 0 Å². The Morgan fingerprint density at radius 2 is 1.65 bits per heavy atom. The predicted molar refractivity (Wildman–Crippen MR) is 54.8 cm³/mol. The minimum atomic E-state index is -5.15. The van der Waals surface area contributed by atoms with E-state index in [-0.39, 0.29) is 19.6 Å². The van der Waals surface area contributed by atoms with E-state index in [4.69, 9.17) is 4.74 Å². The van der Waals surface area contributed by atoms with E-state index in [0.717, 1.165) is 0 Å². The van der Waals surface area contributed by atoms with Gasteiger partial charge in [0.1, 0.15) is 6.61 Å². The Morgan fingerprint density at radius 3 is 2.25 bits per heavy atom. The normalized spacial score (nSPS) is 25.9. The number of alkyl halides is 6. The minimum Gasteiger partial charge on any atom is -0.380 e. The maximum absolute atomic E-state index is 13.7. The molecule has 0 aromatic heterocycles. The van der Waals surface area contributed by atoms with Crippen molar-refractivity contribution in [3.8, 4) is 0 Å². The lowest BCUT2D eigenvalue weighted by Gasteiger charge is -2.38. The summed E-state index contributed by atoms with van der Waals surface area (Å²) in [5.74, 6) is -4.79. The third-order valence-electron chi connectivity index (χ3n) is 2.66. The third-order valence-corrected chi connectivity index (χ3v) is 2.66. The highest BCUT2D eigenvalue weighted by Gasteiger charge is 2.66. The van der Waals surface area contributed by atoms with Crippen molar-refractivity contribution in [1.29, 1.82) is 0 Å². The lowest BCUT2D eigenvalue weighted by atomic mass is 10.2. The van der Waals surface area contributed by atoms with Crippen LogP contribution in [0.25, 0.3) is 0 Å². The molecule has 10 heteroatoms. The molecule has 0 atom stereocenters. The Kier molecular flexibility index (Phi) is 5.64. The Morgan fingerprint density at radius 1 is 1.05 bits per heavy atom. The van der Waals surface area contributed by atoms with Gasteiger partial charge in [-0.05, 0) is 6.42 Å². The second-order valence-electron chi connectivity index (χ2n) is 4.11. The van der Waals surface area contributed by atoms with Crippen molar-refractivity contribution in [3.05, 3.63) is 0 Å². The lowest BCUT2D eigenvalue weighted by molar-refractivity contribution is -0.416. The molecule has 0 N–H and O–H groups in total. The van der Waals surface area contributed by atoms with E-state index in [9.17, 15) is 26.3 Å². The summed E-state index contributed by atoms with van der Waals surface area (Å²) in [6.45, 7) is -3.56. The molecule has 0 radical (unpaired) electrons. The molecule has 20 heavy (non-hydrogen) atoms. The maximum atomic E-state index is 13.7. The molecule has 1 saturated heterocycles. The third kappa shape index (κ3) is 3.74. The summed E-state index contributed by atoms with van der Waals surface area (Å²) in [4.78, 5) is -1.02. The Hall–Kier alpha value is -0.580. The fourth-order valence-electron chi connectivity index (χ4n) is 1.55. The first kappa shape index (κ1) is 17.5. The zero-order valence-electron chi connectivity index (χ0n) is 10.7. The van der Waals surface area contributed by atoms with E-state index >= 15 is 0 Å². The van der Waals surface area contributed by atoms with Gasteiger partial charge in [0.25, 0.3) is 0 Å². The molecule has 0 saturated carbocycles. The van der Waals surface area contributed by atoms with Gasteiger partial charge in [0, 0.05) is 26.9 Å². The van der Waals surface area contributed by atoms with Crippen molar-refractivity contribution < 1.29 is 40.6 Å². The van der Waals surface area contributed by atoms with Crippen LogP contribution < -0.4 is 0 Å². The number of hydrogen-bond donors (Lipinski definition) is 0. The van der Waals surface area contributed by atoms with E-state index in [2.05, 4.69) is 9.47 Å². The van der Waals surface area contributed by atoms with Gasteiger partial charge in [-0.25, -0.2) is 0 Å². The van der Waals surface area contributed by atoms with Crippen LogP contribution in [-0.2, 0) is 14.2 Å². The van der Waals surface area contributed by atoms with E-state index < -0.39 is 42.9 Å². The van der Waals surface area contributed by atoms with Gasteiger partial charge < -0.3 is 14.2 Å². The van der Waals surface area contributed by atoms with E-state index in [1.165, 1.54) is 0 Å². The molecule has 0 aliphatic carbocycles. The topological polar surface area (TPSA) is 30.9 Å². The smallest absolute Gasteiger partial charge is 0.380 e. The first-order chi connectivity index (χ1) is 9.15. The van der Waals surface area contributed by atoms with Crippen LogP contribution in [0.5, 0.6) is 0 Å². The van der Waals surface area contributed by atoms with Crippen LogP contribution in [0.3, 0.4) is 0 Å². The van der Waals surface area contributed by atoms with Crippen molar-refractivity contribution in [3.63, 3.8) is 0 Å². The fourth-order valence-corrected chi connectivity index (χ4v) is 1.55. The molecule has 0 unspecified atom stereocenters. The summed E-state index contributed by atoms with van der Waals surface area (Å²) in [5, 5.41) is 0. The Bertz CT molecular complexity index is 315. The molecular weight excluding hydrogens is 296 g/mol. The van der Waals surface area contributed by atoms with Crippen LogP contribution in [0.15, 0.2) is 0 Å². The molecule has 0 spiro atoms. The van der Waals surface area contributed by atoms with Gasteiger partial charge in [0.15, 0.2) is 0 Å². The number of methoxy groups -OCH3 is 1. The molecule has 0 bridgehead atoms. The average molecular weight is 311 g/mol. The highest BCUT2D eigenvalue weighted by Crippen LogP contribution is 2.42. The summed E-state index contributed by atoms with van der Waals surface area (Å²) in [5.41, 5.74) is 0. The molecule has 1 fully saturated rings. The molecule has 120 valence electrons. The van der Waals surface area contributed by atoms with E-state index in [1.807, 2.05) is 0 Å². The summed E-state index contributed by atoms with van der Waals surface area (Å²) >= 11 is 0.